The van der Waals surface area contributed by atoms with Gasteiger partial charge in [0, 0.05) is 25.4 Å². The topological polar surface area (TPSA) is 41.6 Å². The van der Waals surface area contributed by atoms with Gasteiger partial charge in [-0.05, 0) is 50.2 Å². The lowest BCUT2D eigenvalue weighted by Gasteiger charge is -2.24. The fourth-order valence-electron chi connectivity index (χ4n) is 2.40. The molecule has 1 N–H and O–H groups in total. The van der Waals surface area contributed by atoms with Crippen LogP contribution in [0.4, 0.5) is 0 Å². The molecule has 1 unspecified atom stereocenters. The molecule has 6 heteroatoms. The van der Waals surface area contributed by atoms with Gasteiger partial charge in [-0.3, -0.25) is 9.69 Å². The van der Waals surface area contributed by atoms with Crippen LogP contribution in [0.2, 0.25) is 0 Å². The molecule has 0 fully saturated rings. The highest BCUT2D eigenvalue weighted by Gasteiger charge is 2.09. The molecular formula is C23H38N2O2S2. The second-order valence-electron chi connectivity index (χ2n) is 6.38. The number of rotatable bonds is 16. The lowest BCUT2D eigenvalue weighted by atomic mass is 10.1. The van der Waals surface area contributed by atoms with Crippen LogP contribution in [0.5, 0.6) is 0 Å². The Balaban J connectivity index is 4.35. The van der Waals surface area contributed by atoms with Crippen LogP contribution in [0, 0.1) is 0 Å². The van der Waals surface area contributed by atoms with E-state index in [9.17, 15) is 4.79 Å². The first-order chi connectivity index (χ1) is 14.0. The van der Waals surface area contributed by atoms with E-state index < -0.39 is 0 Å². The van der Waals surface area contributed by atoms with Crippen molar-refractivity contribution in [3.63, 3.8) is 0 Å². The van der Waals surface area contributed by atoms with E-state index in [1.165, 1.54) is 0 Å². The van der Waals surface area contributed by atoms with Crippen molar-refractivity contribution >= 4 is 27.6 Å². The first kappa shape index (κ1) is 27.6. The van der Waals surface area contributed by atoms with Crippen LogP contribution in [-0.4, -0.2) is 55.7 Å². The summed E-state index contributed by atoms with van der Waals surface area (Å²) in [6, 6.07) is 0.331. The lowest BCUT2D eigenvalue weighted by Crippen LogP contribution is -2.31. The van der Waals surface area contributed by atoms with Gasteiger partial charge in [0.15, 0.2) is 0 Å². The van der Waals surface area contributed by atoms with Gasteiger partial charge < -0.3 is 10.1 Å². The van der Waals surface area contributed by atoms with Crippen molar-refractivity contribution in [1.29, 1.82) is 0 Å². The van der Waals surface area contributed by atoms with Gasteiger partial charge in [-0.1, -0.05) is 72.4 Å². The first-order valence-corrected chi connectivity index (χ1v) is 12.6. The van der Waals surface area contributed by atoms with Crippen LogP contribution in [0.1, 0.15) is 33.6 Å². The predicted octanol–water partition coefficient (Wildman–Crippen LogP) is 5.38. The Morgan fingerprint density at radius 2 is 1.97 bits per heavy atom. The second-order valence-corrected chi connectivity index (χ2v) is 9.13. The van der Waals surface area contributed by atoms with Gasteiger partial charge in [-0.2, -0.15) is 0 Å². The van der Waals surface area contributed by atoms with Crippen molar-refractivity contribution in [1.82, 2.24) is 10.2 Å². The van der Waals surface area contributed by atoms with E-state index in [0.717, 1.165) is 36.3 Å². The fourth-order valence-corrected chi connectivity index (χ4v) is 3.86. The quantitative estimate of drug-likeness (QED) is 0.151. The van der Waals surface area contributed by atoms with Gasteiger partial charge in [-0.15, -0.1) is 0 Å². The molecule has 0 aromatic heterocycles. The van der Waals surface area contributed by atoms with Crippen LogP contribution in [0.15, 0.2) is 60.4 Å². The summed E-state index contributed by atoms with van der Waals surface area (Å²) in [6.45, 7) is 11.7. The smallest absolute Gasteiger partial charge is 0.316 e. The molecule has 0 heterocycles. The second kappa shape index (κ2) is 18.6. The molecule has 4 nitrogen and oxygen atoms in total. The molecule has 0 aliphatic heterocycles. The third kappa shape index (κ3) is 15.2. The number of ether oxygens (including phenoxy) is 1. The average Bonchev–Trinajstić information content (AvgIpc) is 2.72. The molecule has 164 valence electrons. The third-order valence-electron chi connectivity index (χ3n) is 4.08. The largest absolute Gasteiger partial charge is 0.465 e. The van der Waals surface area contributed by atoms with Crippen LogP contribution >= 0.6 is 21.6 Å². The molecule has 0 aromatic rings. The van der Waals surface area contributed by atoms with E-state index in [2.05, 4.69) is 62.0 Å². The molecule has 0 spiro atoms. The van der Waals surface area contributed by atoms with Crippen molar-refractivity contribution in [2.75, 3.05) is 38.8 Å². The summed E-state index contributed by atoms with van der Waals surface area (Å²) in [5.41, 5.74) is 2.09. The van der Waals surface area contributed by atoms with E-state index in [-0.39, 0.29) is 5.97 Å². The van der Waals surface area contributed by atoms with Gasteiger partial charge in [0.1, 0.15) is 5.75 Å². The van der Waals surface area contributed by atoms with E-state index in [4.69, 9.17) is 4.74 Å². The maximum Gasteiger partial charge on any atom is 0.316 e. The van der Waals surface area contributed by atoms with Gasteiger partial charge >= 0.3 is 5.97 Å². The van der Waals surface area contributed by atoms with Gasteiger partial charge in [0.2, 0.25) is 0 Å². The summed E-state index contributed by atoms with van der Waals surface area (Å²) < 4.78 is 5.29. The SMILES string of the molecule is C=C(/C=C\C(CC)N(C)CCCOC(=O)CSSCC)/C=C/C(/C=C\NC)=C/C. The van der Waals surface area contributed by atoms with Gasteiger partial charge in [0.05, 0.1) is 6.61 Å². The zero-order valence-corrected chi connectivity index (χ0v) is 20.3. The van der Waals surface area contributed by atoms with Gasteiger partial charge in [0.25, 0.3) is 0 Å². The van der Waals surface area contributed by atoms with Gasteiger partial charge in [-0.25, -0.2) is 0 Å². The summed E-state index contributed by atoms with van der Waals surface area (Å²) in [5, 5.41) is 2.99. The number of allylic oxidation sites excluding steroid dienone is 7. The maximum atomic E-state index is 11.6. The van der Waals surface area contributed by atoms with Crippen LogP contribution in [0.3, 0.4) is 0 Å². The molecule has 0 saturated heterocycles. The molecule has 0 rings (SSSR count). The number of hydrogen-bond donors (Lipinski definition) is 1. The maximum absolute atomic E-state index is 11.6. The van der Waals surface area contributed by atoms with E-state index in [1.54, 1.807) is 21.6 Å². The summed E-state index contributed by atoms with van der Waals surface area (Å²) in [4.78, 5) is 13.9. The van der Waals surface area contributed by atoms with Crippen LogP contribution in [0.25, 0.3) is 0 Å². The van der Waals surface area contributed by atoms with Crippen molar-refractivity contribution in [2.45, 2.75) is 39.7 Å². The molecule has 0 aliphatic carbocycles. The van der Waals surface area contributed by atoms with Crippen molar-refractivity contribution in [3.8, 4) is 0 Å². The minimum Gasteiger partial charge on any atom is -0.465 e. The zero-order chi connectivity index (χ0) is 21.9. The summed E-state index contributed by atoms with van der Waals surface area (Å²) in [5.74, 6) is 1.30. The number of carbonyl (C=O) groups is 1. The molecule has 29 heavy (non-hydrogen) atoms. The molecule has 0 aliphatic rings. The Kier molecular flexibility index (Phi) is 17.8. The summed E-state index contributed by atoms with van der Waals surface area (Å²) in [6.07, 6.45) is 16.2. The fraction of sp³-hybridized carbons (Fsp3) is 0.522. The van der Waals surface area contributed by atoms with Crippen LogP contribution in [-0.2, 0) is 9.53 Å². The Labute approximate surface area is 186 Å². The number of nitrogens with zero attached hydrogens (tertiary/aromatic N) is 1. The first-order valence-electron chi connectivity index (χ1n) is 10.1. The molecule has 1 atom stereocenters. The lowest BCUT2D eigenvalue weighted by molar-refractivity contribution is -0.140. The Hall–Kier alpha value is -1.37. The Morgan fingerprint density at radius 1 is 1.21 bits per heavy atom. The molecule has 0 amide bonds. The number of hydrogen-bond acceptors (Lipinski definition) is 6. The Bertz CT molecular complexity index is 583. The predicted molar refractivity (Wildman–Crippen MR) is 132 cm³/mol. The molecular weight excluding hydrogens is 400 g/mol. The van der Waals surface area contributed by atoms with E-state index >= 15 is 0 Å². The summed E-state index contributed by atoms with van der Waals surface area (Å²) in [7, 11) is 7.22. The van der Waals surface area contributed by atoms with Crippen LogP contribution < -0.4 is 5.32 Å². The van der Waals surface area contributed by atoms with Crippen molar-refractivity contribution in [3.05, 3.63) is 60.4 Å². The molecule has 0 radical (unpaired) electrons. The average molecular weight is 439 g/mol. The number of likely N-dealkylation sites (N-methyl/N-ethyl adjacent to an activating group) is 1. The number of carbonyl (C=O) groups excluding carboxylic acids is 1. The van der Waals surface area contributed by atoms with Crippen molar-refractivity contribution < 1.29 is 9.53 Å². The molecule has 0 saturated carbocycles. The zero-order valence-electron chi connectivity index (χ0n) is 18.6. The standard InChI is InChI=1S/C23H38N2O2S2/c1-7-21(15-16-24-5)13-11-20(4)12-14-22(8-2)25(6)17-10-18-27-23(26)19-29-28-9-3/h7,11-16,22,24H,4,8-10,17-19H2,1-3,5-6H3/b13-11+,14-12-,16-15-,21-7-. The monoisotopic (exact) mass is 438 g/mol. The van der Waals surface area contributed by atoms with E-state index in [0.29, 0.717) is 18.4 Å². The van der Waals surface area contributed by atoms with Crippen molar-refractivity contribution in [2.24, 2.45) is 0 Å². The molecule has 0 bridgehead atoms. The summed E-state index contributed by atoms with van der Waals surface area (Å²) >= 11 is 0. The van der Waals surface area contributed by atoms with E-state index in [1.807, 2.05) is 32.3 Å². The number of nitrogens with one attached hydrogen (secondary N) is 1. The highest BCUT2D eigenvalue weighted by molar-refractivity contribution is 8.76. The third-order valence-corrected chi connectivity index (χ3v) is 6.40. The minimum absolute atomic E-state index is 0.126. The normalized spacial score (nSPS) is 13.7. The number of esters is 1. The minimum atomic E-state index is -0.126. The Morgan fingerprint density at radius 3 is 2.59 bits per heavy atom. The molecule has 0 aromatic carbocycles. The highest BCUT2D eigenvalue weighted by Crippen LogP contribution is 2.20. The highest BCUT2D eigenvalue weighted by atomic mass is 33.1.